The molecule has 1 aromatic rings. The van der Waals surface area contributed by atoms with Crippen molar-refractivity contribution in [2.24, 2.45) is 0 Å². The number of sulfone groups is 1. The highest BCUT2D eigenvalue weighted by molar-refractivity contribution is 7.92. The van der Waals surface area contributed by atoms with Crippen LogP contribution in [0.15, 0.2) is 29.2 Å². The Labute approximate surface area is 170 Å². The van der Waals surface area contributed by atoms with Gasteiger partial charge in [-0.15, -0.1) is 12.4 Å². The lowest BCUT2D eigenvalue weighted by atomic mass is 10.0. The van der Waals surface area contributed by atoms with Crippen LogP contribution in [0.5, 0.6) is 0 Å². The Morgan fingerprint density at radius 2 is 1.93 bits per heavy atom. The Hall–Kier alpha value is -1.35. The summed E-state index contributed by atoms with van der Waals surface area (Å²) < 4.78 is 24.9. The fraction of sp³-hybridized carbons (Fsp3) is 0.529. The number of likely N-dealkylation sites (tertiary alicyclic amines) is 1. The first-order valence-electron chi connectivity index (χ1n) is 8.63. The summed E-state index contributed by atoms with van der Waals surface area (Å²) in [6.07, 6.45) is 1.59. The van der Waals surface area contributed by atoms with Gasteiger partial charge in [0.2, 0.25) is 11.8 Å². The summed E-state index contributed by atoms with van der Waals surface area (Å²) in [5.74, 6) is -0.965. The normalized spacial score (nSPS) is 20.9. The Balaban J connectivity index is 0.00000261. The number of halogens is 2. The van der Waals surface area contributed by atoms with Crippen molar-refractivity contribution < 1.29 is 18.0 Å². The molecule has 2 amide bonds. The number of amides is 2. The maximum absolute atomic E-state index is 12.6. The topological polar surface area (TPSA) is 86.8 Å². The second kappa shape index (κ2) is 9.23. The molecule has 27 heavy (non-hydrogen) atoms. The zero-order valence-corrected chi connectivity index (χ0v) is 17.2. The van der Waals surface area contributed by atoms with Crippen molar-refractivity contribution in [3.05, 3.63) is 29.3 Å². The van der Waals surface area contributed by atoms with Crippen LogP contribution in [0.25, 0.3) is 0 Å². The van der Waals surface area contributed by atoms with E-state index < -0.39 is 21.5 Å². The molecule has 1 unspecified atom stereocenters. The van der Waals surface area contributed by atoms with Crippen LogP contribution < -0.4 is 5.32 Å². The third kappa shape index (κ3) is 5.34. The van der Waals surface area contributed by atoms with Crippen molar-refractivity contribution in [3.8, 4) is 0 Å². The lowest BCUT2D eigenvalue weighted by Gasteiger charge is -2.41. The standard InChI is InChI=1S/C17H22ClN3O4S.ClH/c18-13-3-5-15(6-4-13)26(24,25)12-17(23)20-8-1-2-14(11-20)21-9-7-19-10-16(21)22;/h3-6,14,19H,1-2,7-12H2;1H. The highest BCUT2D eigenvalue weighted by Crippen LogP contribution is 2.19. The van der Waals surface area contributed by atoms with Gasteiger partial charge in [-0.05, 0) is 37.1 Å². The number of rotatable bonds is 4. The zero-order chi connectivity index (χ0) is 18.7. The molecule has 2 fully saturated rings. The summed E-state index contributed by atoms with van der Waals surface area (Å²) in [6, 6.07) is 5.75. The summed E-state index contributed by atoms with van der Waals surface area (Å²) in [5.41, 5.74) is 0. The van der Waals surface area contributed by atoms with Crippen LogP contribution in [0.3, 0.4) is 0 Å². The van der Waals surface area contributed by atoms with Gasteiger partial charge in [-0.25, -0.2) is 8.42 Å². The van der Waals surface area contributed by atoms with E-state index in [1.54, 1.807) is 4.90 Å². The molecule has 3 rings (SSSR count). The van der Waals surface area contributed by atoms with Gasteiger partial charge in [0.25, 0.3) is 0 Å². The predicted octanol–water partition coefficient (Wildman–Crippen LogP) is 0.958. The van der Waals surface area contributed by atoms with Gasteiger partial charge in [0.1, 0.15) is 5.75 Å². The minimum absolute atomic E-state index is 0. The maximum atomic E-state index is 12.6. The molecular formula is C17H23Cl2N3O4S. The Morgan fingerprint density at radius 3 is 2.59 bits per heavy atom. The van der Waals surface area contributed by atoms with Crippen molar-refractivity contribution in [2.45, 2.75) is 23.8 Å². The SMILES string of the molecule is Cl.O=C(CS(=O)(=O)c1ccc(Cl)cc1)N1CCCC(N2CCNCC2=O)C1. The van der Waals surface area contributed by atoms with Crippen molar-refractivity contribution in [1.29, 1.82) is 0 Å². The number of carbonyl (C=O) groups is 2. The molecule has 1 atom stereocenters. The summed E-state index contributed by atoms with van der Waals surface area (Å²) in [5, 5.41) is 3.47. The molecule has 7 nitrogen and oxygen atoms in total. The molecule has 2 aliphatic rings. The Morgan fingerprint density at radius 1 is 1.22 bits per heavy atom. The van der Waals surface area contributed by atoms with E-state index in [9.17, 15) is 18.0 Å². The molecule has 1 aromatic carbocycles. The van der Waals surface area contributed by atoms with E-state index in [4.69, 9.17) is 11.6 Å². The second-order valence-electron chi connectivity index (χ2n) is 6.61. The molecular weight excluding hydrogens is 413 g/mol. The van der Waals surface area contributed by atoms with E-state index in [1.165, 1.54) is 24.3 Å². The maximum Gasteiger partial charge on any atom is 0.238 e. The molecule has 0 aromatic heterocycles. The Bertz CT molecular complexity index is 786. The number of piperidine rings is 1. The van der Waals surface area contributed by atoms with Crippen LogP contribution in [0.4, 0.5) is 0 Å². The van der Waals surface area contributed by atoms with Crippen molar-refractivity contribution >= 4 is 45.7 Å². The molecule has 0 bridgehead atoms. The first-order chi connectivity index (χ1) is 12.4. The monoisotopic (exact) mass is 435 g/mol. The van der Waals surface area contributed by atoms with Gasteiger partial charge in [0.15, 0.2) is 9.84 Å². The molecule has 0 aliphatic carbocycles. The summed E-state index contributed by atoms with van der Waals surface area (Å²) in [4.78, 5) is 28.1. The minimum Gasteiger partial charge on any atom is -0.340 e. The smallest absolute Gasteiger partial charge is 0.238 e. The first kappa shape index (κ1) is 21.9. The molecule has 0 spiro atoms. The van der Waals surface area contributed by atoms with E-state index in [-0.39, 0.29) is 29.3 Å². The van der Waals surface area contributed by atoms with E-state index in [0.29, 0.717) is 31.2 Å². The van der Waals surface area contributed by atoms with Crippen LogP contribution in [0.2, 0.25) is 5.02 Å². The third-order valence-electron chi connectivity index (χ3n) is 4.80. The highest BCUT2D eigenvalue weighted by atomic mass is 35.5. The average Bonchev–Trinajstić information content (AvgIpc) is 2.62. The van der Waals surface area contributed by atoms with Gasteiger partial charge >= 0.3 is 0 Å². The Kier molecular flexibility index (Phi) is 7.50. The quantitative estimate of drug-likeness (QED) is 0.760. The molecule has 1 N–H and O–H groups in total. The van der Waals surface area contributed by atoms with Gasteiger partial charge in [-0.2, -0.15) is 0 Å². The van der Waals surface area contributed by atoms with E-state index in [0.717, 1.165) is 19.4 Å². The van der Waals surface area contributed by atoms with Gasteiger partial charge in [0.05, 0.1) is 11.4 Å². The second-order valence-corrected chi connectivity index (χ2v) is 9.04. The van der Waals surface area contributed by atoms with Gasteiger partial charge in [-0.3, -0.25) is 9.59 Å². The van der Waals surface area contributed by atoms with Crippen LogP contribution in [0.1, 0.15) is 12.8 Å². The van der Waals surface area contributed by atoms with E-state index >= 15 is 0 Å². The van der Waals surface area contributed by atoms with Gasteiger partial charge in [0, 0.05) is 37.2 Å². The minimum atomic E-state index is -3.72. The first-order valence-corrected chi connectivity index (χ1v) is 10.7. The van der Waals surface area contributed by atoms with Crippen molar-refractivity contribution in [3.63, 3.8) is 0 Å². The van der Waals surface area contributed by atoms with Gasteiger partial charge < -0.3 is 15.1 Å². The predicted molar refractivity (Wildman–Crippen MR) is 105 cm³/mol. The number of nitrogens with zero attached hydrogens (tertiary/aromatic N) is 2. The lowest BCUT2D eigenvalue weighted by Crippen LogP contribution is -2.57. The number of piperazine rings is 1. The molecule has 0 saturated carbocycles. The van der Waals surface area contributed by atoms with Crippen molar-refractivity contribution in [2.75, 3.05) is 38.5 Å². The van der Waals surface area contributed by atoms with Crippen molar-refractivity contribution in [1.82, 2.24) is 15.1 Å². The van der Waals surface area contributed by atoms with Crippen LogP contribution in [0, 0.1) is 0 Å². The van der Waals surface area contributed by atoms with E-state index in [2.05, 4.69) is 5.32 Å². The average molecular weight is 436 g/mol. The van der Waals surface area contributed by atoms with Crippen LogP contribution in [-0.4, -0.2) is 74.6 Å². The summed E-state index contributed by atoms with van der Waals surface area (Å²) >= 11 is 5.78. The number of hydrogen-bond acceptors (Lipinski definition) is 5. The fourth-order valence-electron chi connectivity index (χ4n) is 3.42. The molecule has 2 saturated heterocycles. The van der Waals surface area contributed by atoms with Crippen LogP contribution >= 0.6 is 24.0 Å². The molecule has 0 radical (unpaired) electrons. The highest BCUT2D eigenvalue weighted by Gasteiger charge is 2.33. The number of nitrogens with one attached hydrogen (secondary N) is 1. The number of benzene rings is 1. The fourth-order valence-corrected chi connectivity index (χ4v) is 4.77. The van der Waals surface area contributed by atoms with Crippen LogP contribution in [-0.2, 0) is 19.4 Å². The third-order valence-corrected chi connectivity index (χ3v) is 6.67. The number of carbonyl (C=O) groups excluding carboxylic acids is 2. The largest absolute Gasteiger partial charge is 0.340 e. The number of hydrogen-bond donors (Lipinski definition) is 1. The summed E-state index contributed by atoms with van der Waals surface area (Å²) in [6.45, 7) is 2.58. The van der Waals surface area contributed by atoms with E-state index in [1.807, 2.05) is 4.90 Å². The molecule has 10 heteroatoms. The molecule has 2 aliphatic heterocycles. The summed E-state index contributed by atoms with van der Waals surface area (Å²) in [7, 11) is -3.72. The zero-order valence-electron chi connectivity index (χ0n) is 14.8. The molecule has 2 heterocycles. The van der Waals surface area contributed by atoms with Gasteiger partial charge in [-0.1, -0.05) is 11.6 Å². The molecule has 150 valence electrons. The lowest BCUT2D eigenvalue weighted by molar-refractivity contribution is -0.139.